The Labute approximate surface area is 112 Å². The summed E-state index contributed by atoms with van der Waals surface area (Å²) in [6.07, 6.45) is 0.918. The standard InChI is InChI=1S/C14H19NO4/c1-10(2)6-7-15-14(18)11-4-3-5-12(8-11)19-9-13(16)17/h3-5,8,10H,6-7,9H2,1-2H3,(H,15,18)(H,16,17). The fraction of sp³-hybridized carbons (Fsp3) is 0.429. The highest BCUT2D eigenvalue weighted by atomic mass is 16.5. The van der Waals surface area contributed by atoms with Crippen LogP contribution in [-0.2, 0) is 4.79 Å². The third-order valence-electron chi connectivity index (χ3n) is 2.47. The number of nitrogens with one attached hydrogen (secondary N) is 1. The zero-order valence-corrected chi connectivity index (χ0v) is 11.2. The molecule has 0 aliphatic carbocycles. The van der Waals surface area contributed by atoms with Gasteiger partial charge in [0.2, 0.25) is 0 Å². The van der Waals surface area contributed by atoms with Gasteiger partial charge in [-0.05, 0) is 30.5 Å². The lowest BCUT2D eigenvalue weighted by atomic mass is 10.1. The lowest BCUT2D eigenvalue weighted by Crippen LogP contribution is -2.25. The van der Waals surface area contributed by atoms with Crippen LogP contribution in [0, 0.1) is 5.92 Å². The molecule has 1 aromatic carbocycles. The molecule has 0 atom stereocenters. The summed E-state index contributed by atoms with van der Waals surface area (Å²) in [5.74, 6) is -0.322. The van der Waals surface area contributed by atoms with E-state index in [0.29, 0.717) is 23.8 Å². The van der Waals surface area contributed by atoms with Crippen molar-refractivity contribution in [3.8, 4) is 5.75 Å². The molecule has 0 saturated carbocycles. The topological polar surface area (TPSA) is 75.6 Å². The van der Waals surface area contributed by atoms with Gasteiger partial charge >= 0.3 is 5.97 Å². The molecule has 19 heavy (non-hydrogen) atoms. The van der Waals surface area contributed by atoms with Crippen LogP contribution in [0.5, 0.6) is 5.75 Å². The Bertz CT molecular complexity index is 443. The highest BCUT2D eigenvalue weighted by Crippen LogP contribution is 2.13. The van der Waals surface area contributed by atoms with Gasteiger partial charge in [-0.15, -0.1) is 0 Å². The van der Waals surface area contributed by atoms with Gasteiger partial charge in [-0.1, -0.05) is 19.9 Å². The van der Waals surface area contributed by atoms with E-state index in [1.54, 1.807) is 18.2 Å². The van der Waals surface area contributed by atoms with Crippen LogP contribution in [-0.4, -0.2) is 30.1 Å². The summed E-state index contributed by atoms with van der Waals surface area (Å²) >= 11 is 0. The van der Waals surface area contributed by atoms with Crippen LogP contribution in [0.4, 0.5) is 0 Å². The molecule has 0 aromatic heterocycles. The maximum Gasteiger partial charge on any atom is 0.341 e. The molecule has 1 rings (SSSR count). The van der Waals surface area contributed by atoms with Gasteiger partial charge in [0.15, 0.2) is 6.61 Å². The maximum absolute atomic E-state index is 11.8. The van der Waals surface area contributed by atoms with Gasteiger partial charge in [-0.3, -0.25) is 4.79 Å². The number of amides is 1. The average Bonchev–Trinajstić information content (AvgIpc) is 2.36. The predicted molar refractivity (Wildman–Crippen MR) is 71.4 cm³/mol. The van der Waals surface area contributed by atoms with Crippen molar-refractivity contribution in [1.29, 1.82) is 0 Å². The SMILES string of the molecule is CC(C)CCNC(=O)c1cccc(OCC(=O)O)c1. The number of ether oxygens (including phenoxy) is 1. The first kappa shape index (κ1) is 15.0. The first-order valence-corrected chi connectivity index (χ1v) is 6.22. The molecular weight excluding hydrogens is 246 g/mol. The Kier molecular flexibility index (Phi) is 5.85. The van der Waals surface area contributed by atoms with Crippen LogP contribution >= 0.6 is 0 Å². The zero-order valence-electron chi connectivity index (χ0n) is 11.2. The number of aliphatic carboxylic acids is 1. The molecule has 5 nitrogen and oxygen atoms in total. The first-order valence-electron chi connectivity index (χ1n) is 6.22. The molecule has 0 bridgehead atoms. The summed E-state index contributed by atoms with van der Waals surface area (Å²) in [5, 5.41) is 11.3. The van der Waals surface area contributed by atoms with Crippen molar-refractivity contribution in [1.82, 2.24) is 5.32 Å². The van der Waals surface area contributed by atoms with E-state index < -0.39 is 12.6 Å². The summed E-state index contributed by atoms with van der Waals surface area (Å²) in [4.78, 5) is 22.2. The smallest absolute Gasteiger partial charge is 0.341 e. The summed E-state index contributed by atoms with van der Waals surface area (Å²) in [7, 11) is 0. The minimum atomic E-state index is -1.05. The maximum atomic E-state index is 11.8. The van der Waals surface area contributed by atoms with Crippen LogP contribution < -0.4 is 10.1 Å². The van der Waals surface area contributed by atoms with Gasteiger partial charge in [0.05, 0.1) is 0 Å². The Morgan fingerprint density at radius 3 is 2.74 bits per heavy atom. The van der Waals surface area contributed by atoms with E-state index in [2.05, 4.69) is 19.2 Å². The van der Waals surface area contributed by atoms with Crippen molar-refractivity contribution in [3.63, 3.8) is 0 Å². The minimum Gasteiger partial charge on any atom is -0.482 e. The van der Waals surface area contributed by atoms with Gasteiger partial charge in [0, 0.05) is 12.1 Å². The quantitative estimate of drug-likeness (QED) is 0.789. The second-order valence-electron chi connectivity index (χ2n) is 4.65. The molecule has 1 aromatic rings. The first-order chi connectivity index (χ1) is 8.99. The van der Waals surface area contributed by atoms with Crippen molar-refractivity contribution >= 4 is 11.9 Å². The third kappa shape index (κ3) is 5.90. The molecule has 0 heterocycles. The second-order valence-corrected chi connectivity index (χ2v) is 4.65. The van der Waals surface area contributed by atoms with Crippen LogP contribution in [0.15, 0.2) is 24.3 Å². The molecule has 0 saturated heterocycles. The third-order valence-corrected chi connectivity index (χ3v) is 2.47. The molecule has 0 fully saturated rings. The zero-order chi connectivity index (χ0) is 14.3. The second kappa shape index (κ2) is 7.41. The molecule has 2 N–H and O–H groups in total. The highest BCUT2D eigenvalue weighted by Gasteiger charge is 2.07. The number of hydrogen-bond donors (Lipinski definition) is 2. The summed E-state index contributed by atoms with van der Waals surface area (Å²) in [6, 6.07) is 6.48. The molecule has 0 aliphatic heterocycles. The van der Waals surface area contributed by atoms with Crippen LogP contribution in [0.3, 0.4) is 0 Å². The van der Waals surface area contributed by atoms with Gasteiger partial charge in [0.1, 0.15) is 5.75 Å². The van der Waals surface area contributed by atoms with E-state index >= 15 is 0 Å². The Balaban J connectivity index is 2.55. The van der Waals surface area contributed by atoms with Gasteiger partial charge in [-0.2, -0.15) is 0 Å². The highest BCUT2D eigenvalue weighted by molar-refractivity contribution is 5.94. The predicted octanol–water partition coefficient (Wildman–Crippen LogP) is 1.93. The van der Waals surface area contributed by atoms with E-state index in [4.69, 9.17) is 9.84 Å². The molecule has 0 spiro atoms. The minimum absolute atomic E-state index is 0.179. The number of carbonyl (C=O) groups is 2. The molecule has 104 valence electrons. The lowest BCUT2D eigenvalue weighted by Gasteiger charge is -2.08. The lowest BCUT2D eigenvalue weighted by molar-refractivity contribution is -0.139. The van der Waals surface area contributed by atoms with Crippen LogP contribution in [0.2, 0.25) is 0 Å². The summed E-state index contributed by atoms with van der Waals surface area (Å²) in [6.45, 7) is 4.38. The Hall–Kier alpha value is -2.04. The summed E-state index contributed by atoms with van der Waals surface area (Å²) < 4.78 is 5.02. The van der Waals surface area contributed by atoms with Crippen molar-refractivity contribution < 1.29 is 19.4 Å². The van der Waals surface area contributed by atoms with Crippen LogP contribution in [0.25, 0.3) is 0 Å². The molecular formula is C14H19NO4. The van der Waals surface area contributed by atoms with E-state index in [9.17, 15) is 9.59 Å². The van der Waals surface area contributed by atoms with E-state index in [0.717, 1.165) is 6.42 Å². The Morgan fingerprint density at radius 2 is 2.11 bits per heavy atom. The van der Waals surface area contributed by atoms with Crippen molar-refractivity contribution in [2.24, 2.45) is 5.92 Å². The number of benzene rings is 1. The van der Waals surface area contributed by atoms with Crippen molar-refractivity contribution in [2.45, 2.75) is 20.3 Å². The number of rotatable bonds is 7. The summed E-state index contributed by atoms with van der Waals surface area (Å²) in [5.41, 5.74) is 0.464. The van der Waals surface area contributed by atoms with Crippen molar-refractivity contribution in [3.05, 3.63) is 29.8 Å². The van der Waals surface area contributed by atoms with Gasteiger partial charge in [0.25, 0.3) is 5.91 Å². The van der Waals surface area contributed by atoms with E-state index in [1.807, 2.05) is 0 Å². The molecule has 0 unspecified atom stereocenters. The fourth-order valence-corrected chi connectivity index (χ4v) is 1.45. The van der Waals surface area contributed by atoms with E-state index in [-0.39, 0.29) is 5.91 Å². The molecule has 1 amide bonds. The fourth-order valence-electron chi connectivity index (χ4n) is 1.45. The number of hydrogen-bond acceptors (Lipinski definition) is 3. The average molecular weight is 265 g/mol. The largest absolute Gasteiger partial charge is 0.482 e. The molecule has 5 heteroatoms. The van der Waals surface area contributed by atoms with Gasteiger partial charge in [-0.25, -0.2) is 4.79 Å². The molecule has 0 aliphatic rings. The monoisotopic (exact) mass is 265 g/mol. The molecule has 0 radical (unpaired) electrons. The van der Waals surface area contributed by atoms with Crippen molar-refractivity contribution in [2.75, 3.05) is 13.2 Å². The normalized spacial score (nSPS) is 10.3. The Morgan fingerprint density at radius 1 is 1.37 bits per heavy atom. The number of carboxylic acid groups (broad SMARTS) is 1. The van der Waals surface area contributed by atoms with Gasteiger partial charge < -0.3 is 15.2 Å². The van der Waals surface area contributed by atoms with E-state index in [1.165, 1.54) is 6.07 Å². The number of carbonyl (C=O) groups excluding carboxylic acids is 1. The van der Waals surface area contributed by atoms with Crippen LogP contribution in [0.1, 0.15) is 30.6 Å². The number of carboxylic acids is 1.